The van der Waals surface area contributed by atoms with E-state index >= 15 is 0 Å². The Bertz CT molecular complexity index is 880. The molecule has 2 aliphatic heterocycles. The molecule has 158 valence electrons. The molecular weight excluding hydrogens is 376 g/mol. The van der Waals surface area contributed by atoms with E-state index in [1.54, 1.807) is 18.2 Å². The first-order valence-electron chi connectivity index (χ1n) is 11.0. The van der Waals surface area contributed by atoms with E-state index in [0.717, 1.165) is 51.9 Å². The zero-order valence-corrected chi connectivity index (χ0v) is 17.6. The van der Waals surface area contributed by atoms with Crippen molar-refractivity contribution in [3.05, 3.63) is 65.5 Å². The molecule has 2 fully saturated rings. The van der Waals surface area contributed by atoms with Gasteiger partial charge in [0.05, 0.1) is 0 Å². The fourth-order valence-electron chi connectivity index (χ4n) is 4.43. The molecule has 0 radical (unpaired) electrons. The number of nitrogens with one attached hydrogen (secondary N) is 1. The van der Waals surface area contributed by atoms with E-state index in [2.05, 4.69) is 46.4 Å². The summed E-state index contributed by atoms with van der Waals surface area (Å²) in [6, 6.07) is 16.1. The monoisotopic (exact) mass is 406 g/mol. The summed E-state index contributed by atoms with van der Waals surface area (Å²) in [6.45, 7) is 5.65. The van der Waals surface area contributed by atoms with Crippen molar-refractivity contribution in [2.45, 2.75) is 51.2 Å². The summed E-state index contributed by atoms with van der Waals surface area (Å²) in [4.78, 5) is 34.0. The molecule has 0 saturated carbocycles. The van der Waals surface area contributed by atoms with Gasteiger partial charge in [0.2, 0.25) is 0 Å². The lowest BCUT2D eigenvalue weighted by Gasteiger charge is -2.38. The van der Waals surface area contributed by atoms with Gasteiger partial charge in [-0.2, -0.15) is 0 Å². The van der Waals surface area contributed by atoms with Crippen molar-refractivity contribution >= 4 is 11.8 Å². The molecule has 2 aliphatic rings. The summed E-state index contributed by atoms with van der Waals surface area (Å²) in [6.07, 6.45) is 3.89. The summed E-state index contributed by atoms with van der Waals surface area (Å²) in [5.74, 6) is -0.273. The quantitative estimate of drug-likeness (QED) is 0.829. The van der Waals surface area contributed by atoms with Gasteiger partial charge in [0.25, 0.3) is 11.8 Å². The molecule has 3 heterocycles. The topological polar surface area (TPSA) is 65.5 Å². The van der Waals surface area contributed by atoms with E-state index in [4.69, 9.17) is 0 Å². The Hall–Kier alpha value is -2.73. The Kier molecular flexibility index (Phi) is 6.43. The van der Waals surface area contributed by atoms with E-state index < -0.39 is 0 Å². The van der Waals surface area contributed by atoms with Crippen LogP contribution in [0.1, 0.15) is 59.1 Å². The van der Waals surface area contributed by atoms with Crippen molar-refractivity contribution in [3.8, 4) is 0 Å². The normalized spacial score (nSPS) is 22.1. The van der Waals surface area contributed by atoms with Gasteiger partial charge in [-0.1, -0.05) is 36.4 Å². The van der Waals surface area contributed by atoms with E-state index in [1.807, 2.05) is 11.0 Å². The lowest BCUT2D eigenvalue weighted by atomic mass is 9.97. The Morgan fingerprint density at radius 1 is 1.00 bits per heavy atom. The van der Waals surface area contributed by atoms with Gasteiger partial charge < -0.3 is 10.2 Å². The molecule has 30 heavy (non-hydrogen) atoms. The maximum atomic E-state index is 12.8. The number of pyridine rings is 1. The standard InChI is InChI=1S/C24H30N4O2/c1-18-16-20(12-15-28(18)17-19-8-3-2-4-9-19)25-23(29)21-10-7-11-22(26-21)24(30)27-13-5-6-14-27/h2-4,7-11,18,20H,5-6,12-17H2,1H3,(H,25,29)/t18-,20+/m0/s1. The van der Waals surface area contributed by atoms with Gasteiger partial charge in [-0.3, -0.25) is 14.5 Å². The summed E-state index contributed by atoms with van der Waals surface area (Å²) in [5, 5.41) is 3.13. The Labute approximate surface area is 178 Å². The fraction of sp³-hybridized carbons (Fsp3) is 0.458. The first-order valence-corrected chi connectivity index (χ1v) is 11.0. The average Bonchev–Trinajstić information content (AvgIpc) is 3.31. The second-order valence-corrected chi connectivity index (χ2v) is 8.41. The third kappa shape index (κ3) is 4.87. The molecule has 0 spiro atoms. The maximum absolute atomic E-state index is 12.8. The predicted octanol–water partition coefficient (Wildman–Crippen LogP) is 3.10. The Balaban J connectivity index is 1.33. The molecule has 2 aromatic rings. The van der Waals surface area contributed by atoms with Crippen molar-refractivity contribution in [2.75, 3.05) is 19.6 Å². The van der Waals surface area contributed by atoms with Crippen LogP contribution in [0.25, 0.3) is 0 Å². The van der Waals surface area contributed by atoms with Crippen LogP contribution >= 0.6 is 0 Å². The van der Waals surface area contributed by atoms with Crippen molar-refractivity contribution in [1.29, 1.82) is 0 Å². The smallest absolute Gasteiger partial charge is 0.272 e. The first-order chi connectivity index (χ1) is 14.6. The van der Waals surface area contributed by atoms with Crippen molar-refractivity contribution in [3.63, 3.8) is 0 Å². The molecule has 2 amide bonds. The Morgan fingerprint density at radius 3 is 2.47 bits per heavy atom. The minimum atomic E-state index is -0.195. The molecule has 6 nitrogen and oxygen atoms in total. The molecule has 4 rings (SSSR count). The van der Waals surface area contributed by atoms with Crippen LogP contribution in [0, 0.1) is 0 Å². The number of nitrogens with zero attached hydrogens (tertiary/aromatic N) is 3. The van der Waals surface area contributed by atoms with Crippen LogP contribution in [0.15, 0.2) is 48.5 Å². The number of hydrogen-bond acceptors (Lipinski definition) is 4. The molecule has 1 aromatic heterocycles. The van der Waals surface area contributed by atoms with Gasteiger partial charge in [-0.25, -0.2) is 4.98 Å². The Morgan fingerprint density at radius 2 is 1.73 bits per heavy atom. The van der Waals surface area contributed by atoms with Crippen LogP contribution in [0.4, 0.5) is 0 Å². The second kappa shape index (κ2) is 9.39. The van der Waals surface area contributed by atoms with E-state index in [-0.39, 0.29) is 17.9 Å². The van der Waals surface area contributed by atoms with Gasteiger partial charge in [-0.05, 0) is 50.3 Å². The molecule has 2 saturated heterocycles. The highest BCUT2D eigenvalue weighted by molar-refractivity contribution is 5.96. The summed E-state index contributed by atoms with van der Waals surface area (Å²) < 4.78 is 0. The van der Waals surface area contributed by atoms with Gasteiger partial charge in [0.15, 0.2) is 0 Å². The highest BCUT2D eigenvalue weighted by Gasteiger charge is 2.27. The minimum absolute atomic E-state index is 0.0787. The zero-order chi connectivity index (χ0) is 20.9. The number of rotatable bonds is 5. The fourth-order valence-corrected chi connectivity index (χ4v) is 4.43. The van der Waals surface area contributed by atoms with E-state index in [0.29, 0.717) is 17.4 Å². The van der Waals surface area contributed by atoms with Gasteiger partial charge in [0.1, 0.15) is 11.4 Å². The van der Waals surface area contributed by atoms with Crippen molar-refractivity contribution in [1.82, 2.24) is 20.1 Å². The lowest BCUT2D eigenvalue weighted by Crippen LogP contribution is -2.48. The van der Waals surface area contributed by atoms with Crippen LogP contribution in [-0.2, 0) is 6.54 Å². The van der Waals surface area contributed by atoms with Crippen LogP contribution < -0.4 is 5.32 Å². The number of hydrogen-bond donors (Lipinski definition) is 1. The summed E-state index contributed by atoms with van der Waals surface area (Å²) >= 11 is 0. The van der Waals surface area contributed by atoms with Crippen molar-refractivity contribution < 1.29 is 9.59 Å². The molecule has 0 bridgehead atoms. The van der Waals surface area contributed by atoms with Gasteiger partial charge in [0, 0.05) is 38.3 Å². The van der Waals surface area contributed by atoms with Crippen LogP contribution in [0.2, 0.25) is 0 Å². The lowest BCUT2D eigenvalue weighted by molar-refractivity contribution is 0.0786. The largest absolute Gasteiger partial charge is 0.348 e. The first kappa shape index (κ1) is 20.5. The molecule has 2 atom stereocenters. The van der Waals surface area contributed by atoms with Crippen LogP contribution in [-0.4, -0.2) is 58.3 Å². The predicted molar refractivity (Wildman–Crippen MR) is 116 cm³/mol. The number of amides is 2. The van der Waals surface area contributed by atoms with E-state index in [9.17, 15) is 9.59 Å². The van der Waals surface area contributed by atoms with Gasteiger partial charge in [-0.15, -0.1) is 0 Å². The summed E-state index contributed by atoms with van der Waals surface area (Å²) in [5.41, 5.74) is 1.99. The summed E-state index contributed by atoms with van der Waals surface area (Å²) in [7, 11) is 0. The number of likely N-dealkylation sites (tertiary alicyclic amines) is 2. The maximum Gasteiger partial charge on any atom is 0.272 e. The highest BCUT2D eigenvalue weighted by Crippen LogP contribution is 2.20. The molecule has 6 heteroatoms. The van der Waals surface area contributed by atoms with Gasteiger partial charge >= 0.3 is 0 Å². The highest BCUT2D eigenvalue weighted by atomic mass is 16.2. The van der Waals surface area contributed by atoms with Crippen molar-refractivity contribution in [2.24, 2.45) is 0 Å². The zero-order valence-electron chi connectivity index (χ0n) is 17.6. The number of benzene rings is 1. The molecule has 0 unspecified atom stereocenters. The van der Waals surface area contributed by atoms with E-state index in [1.165, 1.54) is 5.56 Å². The number of carbonyl (C=O) groups excluding carboxylic acids is 2. The number of aromatic nitrogens is 1. The molecule has 1 N–H and O–H groups in total. The number of piperidine rings is 1. The number of carbonyl (C=O) groups is 2. The third-order valence-corrected chi connectivity index (χ3v) is 6.17. The molecular formula is C24H30N4O2. The van der Waals surface area contributed by atoms with Crippen LogP contribution in [0.5, 0.6) is 0 Å². The SMILES string of the molecule is C[C@H]1C[C@H](NC(=O)c2cccc(C(=O)N3CCCC3)n2)CCN1Cc1ccccc1. The minimum Gasteiger partial charge on any atom is -0.348 e. The van der Waals surface area contributed by atoms with Crippen LogP contribution in [0.3, 0.4) is 0 Å². The molecule has 0 aliphatic carbocycles. The average molecular weight is 407 g/mol. The third-order valence-electron chi connectivity index (χ3n) is 6.17. The molecule has 1 aromatic carbocycles. The second-order valence-electron chi connectivity index (χ2n) is 8.41.